The Morgan fingerprint density at radius 1 is 1.11 bits per heavy atom. The summed E-state index contributed by atoms with van der Waals surface area (Å²) in [7, 11) is 0. The van der Waals surface area contributed by atoms with Gasteiger partial charge in [0.05, 0.1) is 41.5 Å². The van der Waals surface area contributed by atoms with Crippen molar-refractivity contribution in [2.45, 2.75) is 65.2 Å². The Morgan fingerprint density at radius 3 is 2.54 bits per heavy atom. The SMILES string of the molecule is CCOC(=O)C1=C(C)NC(CSCCCCCCNC(N)=NCCCc2cnc[nH]2)=C(C(=O)OCC)C1c1cccc([N+](=O)[O-])c1. The Hall–Kier alpha value is -4.33. The Morgan fingerprint density at radius 2 is 1.85 bits per heavy atom. The summed E-state index contributed by atoms with van der Waals surface area (Å²) >= 11 is 1.67. The topological polar surface area (TPSA) is 187 Å². The minimum atomic E-state index is -0.880. The van der Waals surface area contributed by atoms with Crippen molar-refractivity contribution >= 4 is 35.3 Å². The molecule has 14 heteroatoms. The summed E-state index contributed by atoms with van der Waals surface area (Å²) in [5.41, 5.74) is 9.00. The molecule has 0 saturated heterocycles. The first-order chi connectivity index (χ1) is 22.3. The van der Waals surface area contributed by atoms with Gasteiger partial charge in [-0.15, -0.1) is 0 Å². The van der Waals surface area contributed by atoms with Crippen LogP contribution in [0.4, 0.5) is 5.69 Å². The molecule has 1 aliphatic rings. The number of aromatic amines is 1. The number of benzene rings is 1. The number of aromatic nitrogens is 2. The van der Waals surface area contributed by atoms with Gasteiger partial charge < -0.3 is 30.8 Å². The molecule has 0 fully saturated rings. The first-order valence-electron chi connectivity index (χ1n) is 15.6. The molecule has 46 heavy (non-hydrogen) atoms. The lowest BCUT2D eigenvalue weighted by molar-refractivity contribution is -0.384. The van der Waals surface area contributed by atoms with Crippen LogP contribution in [0.5, 0.6) is 0 Å². The summed E-state index contributed by atoms with van der Waals surface area (Å²) in [6.07, 6.45) is 9.30. The fourth-order valence-electron chi connectivity index (χ4n) is 5.11. The number of guanidine groups is 1. The molecule has 5 N–H and O–H groups in total. The lowest BCUT2D eigenvalue weighted by Crippen LogP contribution is -2.34. The third kappa shape index (κ3) is 10.9. The van der Waals surface area contributed by atoms with Gasteiger partial charge in [0.25, 0.3) is 5.69 Å². The van der Waals surface area contributed by atoms with E-state index in [9.17, 15) is 19.7 Å². The number of unbranched alkanes of at least 4 members (excludes halogenated alkanes) is 3. The molecule has 0 aliphatic carbocycles. The van der Waals surface area contributed by atoms with E-state index in [0.29, 0.717) is 35.2 Å². The summed E-state index contributed by atoms with van der Waals surface area (Å²) in [5, 5.41) is 18.0. The van der Waals surface area contributed by atoms with Crippen molar-refractivity contribution in [1.29, 1.82) is 0 Å². The number of carbonyl (C=O) groups is 2. The monoisotopic (exact) mass is 655 g/mol. The Labute approximate surface area is 274 Å². The number of aliphatic imine (C=N–C) groups is 1. The van der Waals surface area contributed by atoms with Crippen molar-refractivity contribution < 1.29 is 24.0 Å². The van der Waals surface area contributed by atoms with Gasteiger partial charge in [-0.05, 0) is 57.8 Å². The second kappa shape index (κ2) is 19.2. The summed E-state index contributed by atoms with van der Waals surface area (Å²) in [4.78, 5) is 49.0. The highest BCUT2D eigenvalue weighted by Gasteiger charge is 2.39. The number of hydrogen-bond donors (Lipinski definition) is 4. The standard InChI is InChI=1S/C32H45N7O6S/c1-4-44-30(40)27-22(3)38-26(29(31(41)45-5-2)28(27)23-12-10-14-25(18-23)39(42)43)20-46-17-9-7-6-8-15-35-32(33)36-16-11-13-24-19-34-21-37-24/h10,12,14,18-19,21,28,38H,4-9,11,13,15-17,20H2,1-3H3,(H,34,37)(H3,33,35,36). The van der Waals surface area contributed by atoms with Gasteiger partial charge in [0.15, 0.2) is 5.96 Å². The zero-order valence-electron chi connectivity index (χ0n) is 26.8. The molecule has 1 atom stereocenters. The van der Waals surface area contributed by atoms with Crippen molar-refractivity contribution in [2.75, 3.05) is 37.8 Å². The fraction of sp³-hybridized carbons (Fsp3) is 0.500. The van der Waals surface area contributed by atoms with E-state index >= 15 is 0 Å². The van der Waals surface area contributed by atoms with Crippen LogP contribution >= 0.6 is 11.8 Å². The first-order valence-corrected chi connectivity index (χ1v) is 16.8. The number of carbonyl (C=O) groups excluding carboxylic acids is 2. The average molecular weight is 656 g/mol. The minimum absolute atomic E-state index is 0.137. The number of nitrogens with two attached hydrogens (primary N) is 1. The van der Waals surface area contributed by atoms with Crippen LogP contribution in [0.25, 0.3) is 0 Å². The van der Waals surface area contributed by atoms with E-state index in [1.807, 2.05) is 6.20 Å². The number of aryl methyl sites for hydroxylation is 1. The quantitative estimate of drug-likeness (QED) is 0.0417. The molecule has 3 rings (SSSR count). The summed E-state index contributed by atoms with van der Waals surface area (Å²) in [6, 6.07) is 5.99. The Bertz CT molecular complexity index is 1410. The van der Waals surface area contributed by atoms with E-state index in [0.717, 1.165) is 56.5 Å². The lowest BCUT2D eigenvalue weighted by Gasteiger charge is -2.31. The largest absolute Gasteiger partial charge is 0.463 e. The van der Waals surface area contributed by atoms with Crippen molar-refractivity contribution in [2.24, 2.45) is 10.7 Å². The van der Waals surface area contributed by atoms with Gasteiger partial charge in [-0.2, -0.15) is 11.8 Å². The zero-order valence-corrected chi connectivity index (χ0v) is 27.6. The van der Waals surface area contributed by atoms with E-state index in [1.165, 1.54) is 12.1 Å². The van der Waals surface area contributed by atoms with Crippen molar-refractivity contribution in [3.05, 3.63) is 80.7 Å². The number of nitro benzene ring substituents is 1. The average Bonchev–Trinajstić information content (AvgIpc) is 3.56. The number of nitro groups is 1. The van der Waals surface area contributed by atoms with Gasteiger partial charge >= 0.3 is 11.9 Å². The molecule has 13 nitrogen and oxygen atoms in total. The molecule has 250 valence electrons. The molecule has 0 amide bonds. The third-order valence-electron chi connectivity index (χ3n) is 7.26. The highest BCUT2D eigenvalue weighted by atomic mass is 32.2. The number of ether oxygens (including phenoxy) is 2. The number of allylic oxidation sites excluding steroid dienone is 1. The lowest BCUT2D eigenvalue weighted by atomic mass is 9.80. The number of H-pyrrole nitrogens is 1. The first kappa shape index (κ1) is 36.1. The van der Waals surface area contributed by atoms with Crippen molar-refractivity contribution in [1.82, 2.24) is 20.6 Å². The number of hydrogen-bond acceptors (Lipinski definition) is 10. The maximum atomic E-state index is 13.4. The molecule has 0 radical (unpaired) electrons. The van der Waals surface area contributed by atoms with Crippen molar-refractivity contribution in [3.8, 4) is 0 Å². The van der Waals surface area contributed by atoms with E-state index in [1.54, 1.807) is 51.0 Å². The molecule has 1 unspecified atom stereocenters. The number of imidazole rings is 1. The smallest absolute Gasteiger partial charge is 0.336 e. The predicted octanol–water partition coefficient (Wildman–Crippen LogP) is 4.49. The van der Waals surface area contributed by atoms with E-state index in [-0.39, 0.29) is 30.0 Å². The predicted molar refractivity (Wildman–Crippen MR) is 179 cm³/mol. The van der Waals surface area contributed by atoms with Crippen LogP contribution in [0.1, 0.15) is 70.1 Å². The maximum Gasteiger partial charge on any atom is 0.336 e. The molecule has 2 aromatic rings. The molecule has 1 aromatic heterocycles. The highest BCUT2D eigenvalue weighted by Crippen LogP contribution is 2.41. The molecular weight excluding hydrogens is 610 g/mol. The second-order valence-electron chi connectivity index (χ2n) is 10.6. The normalized spacial score (nSPS) is 15.0. The number of non-ortho nitro benzene ring substituents is 1. The summed E-state index contributed by atoms with van der Waals surface area (Å²) in [6.45, 7) is 6.85. The van der Waals surface area contributed by atoms with Crippen LogP contribution < -0.4 is 16.4 Å². The number of nitrogens with one attached hydrogen (secondary N) is 3. The third-order valence-corrected chi connectivity index (χ3v) is 8.33. The minimum Gasteiger partial charge on any atom is -0.463 e. The molecule has 0 bridgehead atoms. The Balaban J connectivity index is 1.56. The number of dihydropyridines is 1. The molecule has 2 heterocycles. The van der Waals surface area contributed by atoms with E-state index in [4.69, 9.17) is 15.2 Å². The van der Waals surface area contributed by atoms with Gasteiger partial charge in [0.2, 0.25) is 0 Å². The molecule has 0 spiro atoms. The number of rotatable bonds is 19. The van der Waals surface area contributed by atoms with Gasteiger partial charge in [0, 0.05) is 54.3 Å². The molecule has 1 aliphatic heterocycles. The second-order valence-corrected chi connectivity index (χ2v) is 11.7. The molecular formula is C32H45N7O6S. The van der Waals surface area contributed by atoms with Crippen molar-refractivity contribution in [3.63, 3.8) is 0 Å². The van der Waals surface area contributed by atoms with Crippen LogP contribution in [0.15, 0.2) is 64.3 Å². The van der Waals surface area contributed by atoms with Crippen LogP contribution in [0.3, 0.4) is 0 Å². The van der Waals surface area contributed by atoms with Crippen LogP contribution in [0, 0.1) is 10.1 Å². The number of esters is 2. The van der Waals surface area contributed by atoms with Gasteiger partial charge in [0.1, 0.15) is 0 Å². The van der Waals surface area contributed by atoms with E-state index in [2.05, 4.69) is 25.6 Å². The number of nitrogens with zero attached hydrogens (tertiary/aromatic N) is 3. The molecule has 0 saturated carbocycles. The van der Waals surface area contributed by atoms with Crippen LogP contribution in [-0.2, 0) is 25.5 Å². The summed E-state index contributed by atoms with van der Waals surface area (Å²) in [5.74, 6) is -0.250. The summed E-state index contributed by atoms with van der Waals surface area (Å²) < 4.78 is 10.8. The van der Waals surface area contributed by atoms with Gasteiger partial charge in [-0.25, -0.2) is 14.6 Å². The highest BCUT2D eigenvalue weighted by molar-refractivity contribution is 7.99. The molecule has 1 aromatic carbocycles. The Kier molecular flexibility index (Phi) is 15.1. The fourth-order valence-corrected chi connectivity index (χ4v) is 6.09. The van der Waals surface area contributed by atoms with Gasteiger partial charge in [-0.1, -0.05) is 25.0 Å². The zero-order chi connectivity index (χ0) is 33.3. The van der Waals surface area contributed by atoms with Gasteiger partial charge in [-0.3, -0.25) is 15.1 Å². The maximum absolute atomic E-state index is 13.4. The van der Waals surface area contributed by atoms with Crippen LogP contribution in [0.2, 0.25) is 0 Å². The number of thioether (sulfide) groups is 1. The van der Waals surface area contributed by atoms with Crippen LogP contribution in [-0.4, -0.2) is 70.6 Å². The van der Waals surface area contributed by atoms with E-state index < -0.39 is 22.8 Å².